The lowest BCUT2D eigenvalue weighted by Crippen LogP contribution is -2.44. The van der Waals surface area contributed by atoms with Crippen molar-refractivity contribution in [1.82, 2.24) is 10.2 Å². The van der Waals surface area contributed by atoms with Gasteiger partial charge in [-0.1, -0.05) is 55.7 Å². The molecule has 2 atom stereocenters. The van der Waals surface area contributed by atoms with E-state index in [-0.39, 0.29) is 17.9 Å². The summed E-state index contributed by atoms with van der Waals surface area (Å²) in [6, 6.07) is 14.6. The number of carbonyl (C=O) groups is 2. The van der Waals surface area contributed by atoms with Crippen LogP contribution in [-0.2, 0) is 9.59 Å². The fourth-order valence-electron chi connectivity index (χ4n) is 4.80. The van der Waals surface area contributed by atoms with Crippen molar-refractivity contribution in [3.63, 3.8) is 0 Å². The number of nitrogens with zero attached hydrogens (tertiary/aromatic N) is 1. The highest BCUT2D eigenvalue weighted by molar-refractivity contribution is 6.03. The summed E-state index contributed by atoms with van der Waals surface area (Å²) in [5.74, 6) is -0.262. The van der Waals surface area contributed by atoms with Crippen LogP contribution >= 0.6 is 0 Å². The van der Waals surface area contributed by atoms with Crippen molar-refractivity contribution in [1.29, 1.82) is 0 Å². The fraction of sp³-hybridized carbons (Fsp3) is 0.407. The van der Waals surface area contributed by atoms with Crippen molar-refractivity contribution in [3.05, 3.63) is 65.7 Å². The van der Waals surface area contributed by atoms with Crippen LogP contribution in [0.5, 0.6) is 0 Å². The number of aliphatic hydroxyl groups is 1. The number of hydrogen-bond acceptors (Lipinski definition) is 5. The number of anilines is 2. The average molecular weight is 463 g/mol. The van der Waals surface area contributed by atoms with Gasteiger partial charge in [0, 0.05) is 25.2 Å². The maximum atomic E-state index is 13.3. The first-order valence-corrected chi connectivity index (χ1v) is 12.2. The number of nitrogen functional groups attached to an aromatic ring is 1. The summed E-state index contributed by atoms with van der Waals surface area (Å²) >= 11 is 0. The second kappa shape index (κ2) is 11.3. The van der Waals surface area contributed by atoms with Crippen LogP contribution in [0.25, 0.3) is 6.08 Å². The van der Waals surface area contributed by atoms with Crippen LogP contribution in [-0.4, -0.2) is 47.1 Å². The third-order valence-electron chi connectivity index (χ3n) is 6.66. The van der Waals surface area contributed by atoms with Gasteiger partial charge in [0.1, 0.15) is 6.04 Å². The number of nitrogens with one attached hydrogen (secondary N) is 2. The van der Waals surface area contributed by atoms with Crippen LogP contribution in [0, 0.1) is 0 Å². The molecule has 0 spiro atoms. The van der Waals surface area contributed by atoms with Crippen LogP contribution in [0.3, 0.4) is 0 Å². The predicted octanol–water partition coefficient (Wildman–Crippen LogP) is 3.48. The van der Waals surface area contributed by atoms with Crippen LogP contribution in [0.1, 0.15) is 55.7 Å². The van der Waals surface area contributed by atoms with E-state index >= 15 is 0 Å². The molecule has 34 heavy (non-hydrogen) atoms. The van der Waals surface area contributed by atoms with Crippen LogP contribution in [0.2, 0.25) is 0 Å². The quantitative estimate of drug-likeness (QED) is 0.372. The molecule has 0 radical (unpaired) electrons. The first-order valence-electron chi connectivity index (χ1n) is 12.2. The molecule has 2 aliphatic rings. The number of aliphatic hydroxyl groups excluding tert-OH is 1. The van der Waals surface area contributed by atoms with E-state index in [1.54, 1.807) is 18.2 Å². The second-order valence-electron chi connectivity index (χ2n) is 9.26. The molecule has 4 rings (SSSR count). The highest BCUT2D eigenvalue weighted by atomic mass is 16.3. The summed E-state index contributed by atoms with van der Waals surface area (Å²) in [6.45, 7) is 1.18. The number of carbonyl (C=O) groups excluding carboxylic acids is 2. The lowest BCUT2D eigenvalue weighted by Gasteiger charge is -2.30. The van der Waals surface area contributed by atoms with Crippen molar-refractivity contribution in [2.45, 2.75) is 56.7 Å². The molecule has 0 bridgehead atoms. The van der Waals surface area contributed by atoms with Gasteiger partial charge in [0.05, 0.1) is 17.5 Å². The van der Waals surface area contributed by atoms with Gasteiger partial charge >= 0.3 is 0 Å². The Morgan fingerprint density at radius 3 is 2.44 bits per heavy atom. The van der Waals surface area contributed by atoms with Gasteiger partial charge in [-0.05, 0) is 48.6 Å². The fourth-order valence-corrected chi connectivity index (χ4v) is 4.80. The minimum absolute atomic E-state index is 0.00381. The van der Waals surface area contributed by atoms with Crippen molar-refractivity contribution < 1.29 is 14.7 Å². The molecule has 180 valence electrons. The third-order valence-corrected chi connectivity index (χ3v) is 6.66. The molecular weight excluding hydrogens is 428 g/mol. The molecule has 1 saturated heterocycles. The number of benzene rings is 2. The largest absolute Gasteiger partial charge is 0.397 e. The normalized spacial score (nSPS) is 20.3. The Kier molecular flexibility index (Phi) is 7.98. The number of rotatable bonds is 7. The summed E-state index contributed by atoms with van der Waals surface area (Å²) in [4.78, 5) is 27.6. The monoisotopic (exact) mass is 462 g/mol. The molecule has 2 amide bonds. The molecule has 7 nitrogen and oxygen atoms in total. The highest BCUT2D eigenvalue weighted by Gasteiger charge is 2.34. The van der Waals surface area contributed by atoms with Crippen molar-refractivity contribution in [2.75, 3.05) is 24.1 Å². The molecule has 1 aliphatic carbocycles. The predicted molar refractivity (Wildman–Crippen MR) is 135 cm³/mol. The Morgan fingerprint density at radius 1 is 1.03 bits per heavy atom. The number of nitrogens with two attached hydrogens (primary N) is 1. The number of amides is 2. The SMILES string of the molecule is Nc1ccccc1NC(=O)/C=C/c1ccc(C(C(=O)NC2CCCCC2)N2CC[C@H](O)C2)cc1. The van der Waals surface area contributed by atoms with Crippen molar-refractivity contribution >= 4 is 29.3 Å². The molecule has 2 aromatic carbocycles. The molecule has 1 aliphatic heterocycles. The lowest BCUT2D eigenvalue weighted by molar-refractivity contribution is -0.127. The van der Waals surface area contributed by atoms with E-state index in [2.05, 4.69) is 15.5 Å². The van der Waals surface area contributed by atoms with Crippen LogP contribution in [0.4, 0.5) is 11.4 Å². The molecule has 0 aromatic heterocycles. The lowest BCUT2D eigenvalue weighted by atomic mass is 9.94. The molecule has 1 heterocycles. The average Bonchev–Trinajstić information content (AvgIpc) is 3.26. The van der Waals surface area contributed by atoms with E-state index in [1.807, 2.05) is 36.4 Å². The third kappa shape index (κ3) is 6.24. The van der Waals surface area contributed by atoms with E-state index in [9.17, 15) is 14.7 Å². The van der Waals surface area contributed by atoms with E-state index in [1.165, 1.54) is 12.5 Å². The number of hydrogen-bond donors (Lipinski definition) is 4. The molecule has 2 aromatic rings. The van der Waals surface area contributed by atoms with Gasteiger partial charge in [-0.2, -0.15) is 0 Å². The van der Waals surface area contributed by atoms with Gasteiger partial charge in [-0.25, -0.2) is 0 Å². The molecule has 1 saturated carbocycles. The standard InChI is InChI=1S/C27H34N4O3/c28-23-8-4-5-9-24(23)30-25(33)15-12-19-10-13-20(14-11-19)26(31-17-16-22(32)18-31)27(34)29-21-6-2-1-3-7-21/h4-5,8-15,21-22,26,32H,1-3,6-7,16-18,28H2,(H,29,34)(H,30,33)/b15-12+/t22-,26?/m0/s1. The molecule has 7 heteroatoms. The summed E-state index contributed by atoms with van der Waals surface area (Å²) in [7, 11) is 0. The van der Waals surface area contributed by atoms with Crippen LogP contribution in [0.15, 0.2) is 54.6 Å². The van der Waals surface area contributed by atoms with Gasteiger partial charge in [0.15, 0.2) is 0 Å². The summed E-state index contributed by atoms with van der Waals surface area (Å²) in [6.07, 6.45) is 9.08. The highest BCUT2D eigenvalue weighted by Crippen LogP contribution is 2.27. The molecule has 2 fully saturated rings. The number of para-hydroxylation sites is 2. The van der Waals surface area contributed by atoms with Crippen LogP contribution < -0.4 is 16.4 Å². The zero-order chi connectivity index (χ0) is 23.9. The minimum Gasteiger partial charge on any atom is -0.397 e. The Bertz CT molecular complexity index is 1010. The van der Waals surface area contributed by atoms with Gasteiger partial charge in [0.2, 0.25) is 11.8 Å². The molecule has 5 N–H and O–H groups in total. The molecular formula is C27H34N4O3. The molecule has 1 unspecified atom stereocenters. The smallest absolute Gasteiger partial charge is 0.248 e. The maximum Gasteiger partial charge on any atom is 0.248 e. The first kappa shape index (κ1) is 24.0. The van der Waals surface area contributed by atoms with E-state index in [4.69, 9.17) is 5.73 Å². The Morgan fingerprint density at radius 2 is 1.76 bits per heavy atom. The van der Waals surface area contributed by atoms with Crippen molar-refractivity contribution in [2.24, 2.45) is 0 Å². The van der Waals surface area contributed by atoms with E-state index < -0.39 is 12.1 Å². The maximum absolute atomic E-state index is 13.3. The van der Waals surface area contributed by atoms with Gasteiger partial charge in [-0.3, -0.25) is 14.5 Å². The van der Waals surface area contributed by atoms with E-state index in [0.717, 1.165) is 36.8 Å². The Hall–Kier alpha value is -3.16. The first-order chi connectivity index (χ1) is 16.5. The van der Waals surface area contributed by atoms with Gasteiger partial charge < -0.3 is 21.5 Å². The number of likely N-dealkylation sites (tertiary alicyclic amines) is 1. The minimum atomic E-state index is -0.429. The zero-order valence-corrected chi connectivity index (χ0v) is 19.5. The topological polar surface area (TPSA) is 108 Å². The zero-order valence-electron chi connectivity index (χ0n) is 19.5. The second-order valence-corrected chi connectivity index (χ2v) is 9.26. The Balaban J connectivity index is 1.43. The summed E-state index contributed by atoms with van der Waals surface area (Å²) < 4.78 is 0. The van der Waals surface area contributed by atoms with E-state index in [0.29, 0.717) is 30.9 Å². The van der Waals surface area contributed by atoms with Gasteiger partial charge in [-0.15, -0.1) is 0 Å². The summed E-state index contributed by atoms with van der Waals surface area (Å²) in [5.41, 5.74) is 8.71. The van der Waals surface area contributed by atoms with Gasteiger partial charge in [0.25, 0.3) is 0 Å². The summed E-state index contributed by atoms with van der Waals surface area (Å²) in [5, 5.41) is 16.1. The Labute approximate surface area is 201 Å². The van der Waals surface area contributed by atoms with Crippen molar-refractivity contribution in [3.8, 4) is 0 Å². The number of β-amino-alcohol motifs (C(OH)–C–C–N with tert-alkyl or cyclic N) is 1.